The fraction of sp³-hybridized carbons (Fsp3) is 0.588. The van der Waals surface area contributed by atoms with Gasteiger partial charge in [-0.2, -0.15) is 0 Å². The third-order valence-corrected chi connectivity index (χ3v) is 4.59. The summed E-state index contributed by atoms with van der Waals surface area (Å²) < 4.78 is 5.21. The van der Waals surface area contributed by atoms with E-state index in [4.69, 9.17) is 4.74 Å². The second kappa shape index (κ2) is 6.06. The molecule has 2 fully saturated rings. The molecule has 1 amide bonds. The average molecular weight is 288 g/mol. The van der Waals surface area contributed by atoms with E-state index in [2.05, 4.69) is 17.0 Å². The molecule has 0 radical (unpaired) electrons. The SMILES string of the molecule is COCC1CCN1C(=O)c1cc(C)ccc1N1CCCC1. The van der Waals surface area contributed by atoms with Gasteiger partial charge in [-0.1, -0.05) is 11.6 Å². The highest BCUT2D eigenvalue weighted by Crippen LogP contribution is 2.29. The molecule has 4 heteroatoms. The number of hydrogen-bond acceptors (Lipinski definition) is 3. The van der Waals surface area contributed by atoms with Crippen LogP contribution >= 0.6 is 0 Å². The number of aryl methyl sites for hydroxylation is 1. The van der Waals surface area contributed by atoms with Crippen molar-refractivity contribution >= 4 is 11.6 Å². The van der Waals surface area contributed by atoms with Gasteiger partial charge in [0.2, 0.25) is 0 Å². The van der Waals surface area contributed by atoms with Crippen LogP contribution in [0.15, 0.2) is 18.2 Å². The van der Waals surface area contributed by atoms with Crippen molar-refractivity contribution in [3.8, 4) is 0 Å². The zero-order valence-corrected chi connectivity index (χ0v) is 13.0. The highest BCUT2D eigenvalue weighted by Gasteiger charge is 2.34. The zero-order valence-electron chi connectivity index (χ0n) is 13.0. The van der Waals surface area contributed by atoms with Gasteiger partial charge >= 0.3 is 0 Å². The van der Waals surface area contributed by atoms with Crippen LogP contribution in [0.3, 0.4) is 0 Å². The molecule has 0 aliphatic carbocycles. The van der Waals surface area contributed by atoms with E-state index < -0.39 is 0 Å². The normalized spacial score (nSPS) is 21.5. The van der Waals surface area contributed by atoms with Crippen molar-refractivity contribution in [3.63, 3.8) is 0 Å². The van der Waals surface area contributed by atoms with E-state index in [0.717, 1.165) is 42.9 Å². The van der Waals surface area contributed by atoms with E-state index in [1.165, 1.54) is 12.8 Å². The molecule has 0 saturated carbocycles. The van der Waals surface area contributed by atoms with Crippen molar-refractivity contribution in [3.05, 3.63) is 29.3 Å². The maximum atomic E-state index is 12.9. The Labute approximate surface area is 126 Å². The molecular formula is C17H24N2O2. The van der Waals surface area contributed by atoms with E-state index in [1.54, 1.807) is 7.11 Å². The molecule has 114 valence electrons. The highest BCUT2D eigenvalue weighted by molar-refractivity contribution is 6.00. The van der Waals surface area contributed by atoms with Crippen LogP contribution in [0.5, 0.6) is 0 Å². The number of carbonyl (C=O) groups excluding carboxylic acids is 1. The molecule has 3 rings (SSSR count). The Morgan fingerprint density at radius 2 is 2.05 bits per heavy atom. The molecule has 0 bridgehead atoms. The maximum absolute atomic E-state index is 12.9. The molecule has 1 unspecified atom stereocenters. The van der Waals surface area contributed by atoms with E-state index in [1.807, 2.05) is 17.9 Å². The van der Waals surface area contributed by atoms with E-state index in [9.17, 15) is 4.79 Å². The molecule has 1 aromatic carbocycles. The summed E-state index contributed by atoms with van der Waals surface area (Å²) >= 11 is 0. The van der Waals surface area contributed by atoms with Gasteiger partial charge in [0, 0.05) is 32.4 Å². The predicted octanol–water partition coefficient (Wildman–Crippen LogP) is 2.46. The molecule has 2 saturated heterocycles. The van der Waals surface area contributed by atoms with Crippen LogP contribution in [-0.4, -0.2) is 50.2 Å². The predicted molar refractivity (Wildman–Crippen MR) is 83.9 cm³/mol. The lowest BCUT2D eigenvalue weighted by atomic mass is 10.00. The van der Waals surface area contributed by atoms with Crippen molar-refractivity contribution in [2.24, 2.45) is 0 Å². The molecule has 1 atom stereocenters. The average Bonchev–Trinajstić information content (AvgIpc) is 2.97. The maximum Gasteiger partial charge on any atom is 0.256 e. The second-order valence-corrected chi connectivity index (χ2v) is 6.11. The number of carbonyl (C=O) groups is 1. The topological polar surface area (TPSA) is 32.8 Å². The number of nitrogens with zero attached hydrogens (tertiary/aromatic N) is 2. The Hall–Kier alpha value is -1.55. The molecule has 2 heterocycles. The number of likely N-dealkylation sites (tertiary alicyclic amines) is 1. The molecule has 0 aromatic heterocycles. The van der Waals surface area contributed by atoms with Crippen LogP contribution in [0.25, 0.3) is 0 Å². The first-order valence-corrected chi connectivity index (χ1v) is 7.86. The number of benzene rings is 1. The number of methoxy groups -OCH3 is 1. The van der Waals surface area contributed by atoms with Crippen LogP contribution < -0.4 is 4.90 Å². The quantitative estimate of drug-likeness (QED) is 0.853. The molecule has 21 heavy (non-hydrogen) atoms. The minimum Gasteiger partial charge on any atom is -0.383 e. The van der Waals surface area contributed by atoms with Crippen LogP contribution in [0.4, 0.5) is 5.69 Å². The monoisotopic (exact) mass is 288 g/mol. The number of hydrogen-bond donors (Lipinski definition) is 0. The fourth-order valence-corrected chi connectivity index (χ4v) is 3.28. The summed E-state index contributed by atoms with van der Waals surface area (Å²) in [5.41, 5.74) is 3.11. The van der Waals surface area contributed by atoms with Crippen molar-refractivity contribution in [2.45, 2.75) is 32.2 Å². The summed E-state index contributed by atoms with van der Waals surface area (Å²) in [6.45, 7) is 5.65. The summed E-state index contributed by atoms with van der Waals surface area (Å²) in [5, 5.41) is 0. The van der Waals surface area contributed by atoms with E-state index in [-0.39, 0.29) is 11.9 Å². The Morgan fingerprint density at radius 1 is 1.29 bits per heavy atom. The second-order valence-electron chi connectivity index (χ2n) is 6.11. The van der Waals surface area contributed by atoms with Crippen molar-refractivity contribution in [1.29, 1.82) is 0 Å². The van der Waals surface area contributed by atoms with Crippen molar-refractivity contribution in [1.82, 2.24) is 4.90 Å². The lowest BCUT2D eigenvalue weighted by Crippen LogP contribution is -2.53. The van der Waals surface area contributed by atoms with Gasteiger partial charge in [-0.25, -0.2) is 0 Å². The summed E-state index contributed by atoms with van der Waals surface area (Å²) in [7, 11) is 1.70. The molecular weight excluding hydrogens is 264 g/mol. The fourth-order valence-electron chi connectivity index (χ4n) is 3.28. The van der Waals surface area contributed by atoms with Gasteiger partial charge in [-0.15, -0.1) is 0 Å². The largest absolute Gasteiger partial charge is 0.383 e. The molecule has 0 N–H and O–H groups in total. The Balaban J connectivity index is 1.86. The summed E-state index contributed by atoms with van der Waals surface area (Å²) in [5.74, 6) is 0.161. The van der Waals surface area contributed by atoms with E-state index >= 15 is 0 Å². The standard InChI is InChI=1S/C17H24N2O2/c1-13-5-6-16(18-8-3-4-9-18)15(11-13)17(20)19-10-7-14(19)12-21-2/h5-6,11,14H,3-4,7-10,12H2,1-2H3. The number of amides is 1. The molecule has 2 aliphatic rings. The summed E-state index contributed by atoms with van der Waals surface area (Å²) in [6, 6.07) is 6.50. The lowest BCUT2D eigenvalue weighted by molar-refractivity contribution is 0.0202. The van der Waals surface area contributed by atoms with Crippen molar-refractivity contribution < 1.29 is 9.53 Å². The van der Waals surface area contributed by atoms with Gasteiger partial charge in [0.1, 0.15) is 0 Å². The third kappa shape index (κ3) is 2.77. The van der Waals surface area contributed by atoms with Gasteiger partial charge in [-0.05, 0) is 38.3 Å². The first kappa shape index (κ1) is 14.4. The third-order valence-electron chi connectivity index (χ3n) is 4.59. The minimum absolute atomic E-state index is 0.161. The summed E-state index contributed by atoms with van der Waals surface area (Å²) in [4.78, 5) is 17.2. The van der Waals surface area contributed by atoms with Crippen molar-refractivity contribution in [2.75, 3.05) is 38.3 Å². The lowest BCUT2D eigenvalue weighted by Gasteiger charge is -2.41. The Kier molecular flexibility index (Phi) is 4.15. The molecule has 2 aliphatic heterocycles. The minimum atomic E-state index is 0.161. The molecule has 4 nitrogen and oxygen atoms in total. The Bertz CT molecular complexity index is 524. The van der Waals surface area contributed by atoms with Gasteiger partial charge in [0.15, 0.2) is 0 Å². The highest BCUT2D eigenvalue weighted by atomic mass is 16.5. The smallest absolute Gasteiger partial charge is 0.256 e. The van der Waals surface area contributed by atoms with Crippen LogP contribution in [0, 0.1) is 6.92 Å². The Morgan fingerprint density at radius 3 is 2.67 bits per heavy atom. The van der Waals surface area contributed by atoms with Gasteiger partial charge in [-0.3, -0.25) is 4.79 Å². The zero-order chi connectivity index (χ0) is 14.8. The number of rotatable bonds is 4. The molecule has 0 spiro atoms. The molecule has 1 aromatic rings. The van der Waals surface area contributed by atoms with Gasteiger partial charge < -0.3 is 14.5 Å². The van der Waals surface area contributed by atoms with Gasteiger partial charge in [0.25, 0.3) is 5.91 Å². The first-order valence-electron chi connectivity index (χ1n) is 7.86. The van der Waals surface area contributed by atoms with Crippen LogP contribution in [0.1, 0.15) is 35.2 Å². The summed E-state index contributed by atoms with van der Waals surface area (Å²) in [6.07, 6.45) is 3.49. The van der Waals surface area contributed by atoms with Gasteiger partial charge in [0.05, 0.1) is 18.2 Å². The van der Waals surface area contributed by atoms with E-state index in [0.29, 0.717) is 6.61 Å². The number of ether oxygens (including phenoxy) is 1. The first-order chi connectivity index (χ1) is 10.2. The van der Waals surface area contributed by atoms with Crippen LogP contribution in [-0.2, 0) is 4.74 Å². The number of anilines is 1. The van der Waals surface area contributed by atoms with Crippen LogP contribution in [0.2, 0.25) is 0 Å².